The van der Waals surface area contributed by atoms with Crippen molar-refractivity contribution in [2.75, 3.05) is 27.4 Å². The Kier molecular flexibility index (Phi) is 5.27. The van der Waals surface area contributed by atoms with E-state index in [9.17, 15) is 4.79 Å². The average molecular weight is 329 g/mol. The molecule has 128 valence electrons. The minimum atomic E-state index is 0.0802. The van der Waals surface area contributed by atoms with Gasteiger partial charge < -0.3 is 14.4 Å². The highest BCUT2D eigenvalue weighted by Crippen LogP contribution is 2.21. The first-order valence-corrected chi connectivity index (χ1v) is 8.11. The molecule has 3 rings (SSSR count). The molecule has 2 aromatic rings. The van der Waals surface area contributed by atoms with Crippen LogP contribution in [0.4, 0.5) is 0 Å². The quantitative estimate of drug-likeness (QED) is 0.809. The second-order valence-corrected chi connectivity index (χ2v) is 6.05. The number of carbonyl (C=O) groups is 1. The fraction of sp³-hybridized carbons (Fsp3) is 0.444. The Morgan fingerprint density at radius 2 is 2.08 bits per heavy atom. The van der Waals surface area contributed by atoms with Gasteiger partial charge in [-0.05, 0) is 24.1 Å². The lowest BCUT2D eigenvalue weighted by atomic mass is 10.2. The number of ether oxygens (including phenoxy) is 2. The second kappa shape index (κ2) is 7.59. The molecule has 1 aliphatic rings. The minimum Gasteiger partial charge on any atom is -0.383 e. The van der Waals surface area contributed by atoms with E-state index in [0.29, 0.717) is 19.6 Å². The van der Waals surface area contributed by atoms with Crippen LogP contribution in [0.1, 0.15) is 12.0 Å². The van der Waals surface area contributed by atoms with Crippen molar-refractivity contribution >= 4 is 5.91 Å². The van der Waals surface area contributed by atoms with Gasteiger partial charge in [-0.3, -0.25) is 4.79 Å². The number of methoxy groups -OCH3 is 2. The van der Waals surface area contributed by atoms with Gasteiger partial charge in [0.2, 0.25) is 5.91 Å². The van der Waals surface area contributed by atoms with Crippen LogP contribution in [0.25, 0.3) is 5.69 Å². The molecule has 1 amide bonds. The summed E-state index contributed by atoms with van der Waals surface area (Å²) in [5.74, 6) is 0.0872. The fourth-order valence-electron chi connectivity index (χ4n) is 3.15. The molecule has 6 heteroatoms. The zero-order chi connectivity index (χ0) is 16.9. The van der Waals surface area contributed by atoms with Gasteiger partial charge in [-0.1, -0.05) is 18.2 Å². The van der Waals surface area contributed by atoms with Crippen molar-refractivity contribution in [1.82, 2.24) is 14.7 Å². The lowest BCUT2D eigenvalue weighted by Gasteiger charge is -2.23. The smallest absolute Gasteiger partial charge is 0.227 e. The largest absolute Gasteiger partial charge is 0.383 e. The van der Waals surface area contributed by atoms with Crippen LogP contribution >= 0.6 is 0 Å². The van der Waals surface area contributed by atoms with E-state index in [1.807, 2.05) is 41.4 Å². The van der Waals surface area contributed by atoms with Gasteiger partial charge in [-0.15, -0.1) is 0 Å². The van der Waals surface area contributed by atoms with E-state index in [0.717, 1.165) is 17.7 Å². The van der Waals surface area contributed by atoms with Crippen LogP contribution < -0.4 is 0 Å². The summed E-state index contributed by atoms with van der Waals surface area (Å²) in [7, 11) is 3.35. The summed E-state index contributed by atoms with van der Waals surface area (Å²) in [6.45, 7) is 1.16. The molecule has 1 saturated heterocycles. The molecule has 0 aliphatic carbocycles. The van der Waals surface area contributed by atoms with Gasteiger partial charge in [0, 0.05) is 27.0 Å². The zero-order valence-electron chi connectivity index (χ0n) is 14.1. The minimum absolute atomic E-state index is 0.0802. The Morgan fingerprint density at radius 1 is 1.29 bits per heavy atom. The summed E-state index contributed by atoms with van der Waals surface area (Å²) >= 11 is 0. The van der Waals surface area contributed by atoms with Crippen molar-refractivity contribution in [3.8, 4) is 5.69 Å². The van der Waals surface area contributed by atoms with Crippen molar-refractivity contribution in [2.24, 2.45) is 0 Å². The van der Waals surface area contributed by atoms with E-state index in [1.165, 1.54) is 0 Å². The summed E-state index contributed by atoms with van der Waals surface area (Å²) in [5.41, 5.74) is 1.88. The summed E-state index contributed by atoms with van der Waals surface area (Å²) < 4.78 is 12.4. The van der Waals surface area contributed by atoms with Crippen LogP contribution in [-0.4, -0.2) is 60.1 Å². The van der Waals surface area contributed by atoms with Gasteiger partial charge in [0.15, 0.2) is 0 Å². The molecule has 0 radical (unpaired) electrons. The van der Waals surface area contributed by atoms with E-state index in [2.05, 4.69) is 5.10 Å². The van der Waals surface area contributed by atoms with Gasteiger partial charge in [0.25, 0.3) is 0 Å². The lowest BCUT2D eigenvalue weighted by molar-refractivity contribution is -0.132. The Morgan fingerprint density at radius 3 is 2.79 bits per heavy atom. The van der Waals surface area contributed by atoms with Gasteiger partial charge >= 0.3 is 0 Å². The summed E-state index contributed by atoms with van der Waals surface area (Å²) in [6.07, 6.45) is 4.90. The molecular formula is C18H23N3O3. The standard InChI is InChI=1S/C18H23N3O3/c1-23-13-16-9-17(24-2)12-20(16)18(22)8-14-10-19-21(11-14)15-6-4-3-5-7-15/h3-7,10-11,16-17H,8-9,12-13H2,1-2H3/t16-,17-/m0/s1. The van der Waals surface area contributed by atoms with Crippen molar-refractivity contribution in [2.45, 2.75) is 25.0 Å². The van der Waals surface area contributed by atoms with E-state index >= 15 is 0 Å². The fourth-order valence-corrected chi connectivity index (χ4v) is 3.15. The third-order valence-corrected chi connectivity index (χ3v) is 4.40. The molecule has 0 unspecified atom stereocenters. The molecule has 0 spiro atoms. The Balaban J connectivity index is 1.67. The highest BCUT2D eigenvalue weighted by atomic mass is 16.5. The third kappa shape index (κ3) is 3.66. The molecule has 0 bridgehead atoms. The van der Waals surface area contributed by atoms with E-state index < -0.39 is 0 Å². The number of aromatic nitrogens is 2. The van der Waals surface area contributed by atoms with Crippen molar-refractivity contribution < 1.29 is 14.3 Å². The van der Waals surface area contributed by atoms with Crippen LogP contribution in [0.15, 0.2) is 42.7 Å². The van der Waals surface area contributed by atoms with Crippen LogP contribution in [-0.2, 0) is 20.7 Å². The number of nitrogens with zero attached hydrogens (tertiary/aromatic N) is 3. The number of benzene rings is 1. The molecule has 1 aromatic heterocycles. The molecule has 2 atom stereocenters. The highest BCUT2D eigenvalue weighted by Gasteiger charge is 2.35. The second-order valence-electron chi connectivity index (χ2n) is 6.05. The molecule has 0 N–H and O–H groups in total. The predicted octanol–water partition coefficient (Wildman–Crippen LogP) is 1.68. The molecule has 0 saturated carbocycles. The van der Waals surface area contributed by atoms with Crippen LogP contribution in [0.3, 0.4) is 0 Å². The number of amides is 1. The first-order chi connectivity index (χ1) is 11.7. The Bertz CT molecular complexity index is 671. The highest BCUT2D eigenvalue weighted by molar-refractivity contribution is 5.79. The topological polar surface area (TPSA) is 56.6 Å². The molecule has 6 nitrogen and oxygen atoms in total. The number of rotatable bonds is 6. The summed E-state index contributed by atoms with van der Waals surface area (Å²) in [4.78, 5) is 14.6. The van der Waals surface area contributed by atoms with Gasteiger partial charge in [0.05, 0.1) is 37.1 Å². The number of hydrogen-bond donors (Lipinski definition) is 0. The number of likely N-dealkylation sites (tertiary alicyclic amines) is 1. The van der Waals surface area contributed by atoms with Crippen LogP contribution in [0.2, 0.25) is 0 Å². The SMILES string of the molecule is COC[C@@H]1C[C@H](OC)CN1C(=O)Cc1cnn(-c2ccccc2)c1. The zero-order valence-corrected chi connectivity index (χ0v) is 14.1. The summed E-state index contributed by atoms with van der Waals surface area (Å²) in [5, 5.41) is 4.35. The van der Waals surface area contributed by atoms with Crippen LogP contribution in [0.5, 0.6) is 0 Å². The van der Waals surface area contributed by atoms with Crippen LogP contribution in [0, 0.1) is 0 Å². The monoisotopic (exact) mass is 329 g/mol. The van der Waals surface area contributed by atoms with Gasteiger partial charge in [-0.2, -0.15) is 5.10 Å². The van der Waals surface area contributed by atoms with Gasteiger partial charge in [0.1, 0.15) is 0 Å². The number of hydrogen-bond acceptors (Lipinski definition) is 4. The first kappa shape index (κ1) is 16.7. The molecule has 1 fully saturated rings. The molecule has 1 aromatic carbocycles. The summed E-state index contributed by atoms with van der Waals surface area (Å²) in [6, 6.07) is 9.94. The average Bonchev–Trinajstić information content (AvgIpc) is 3.23. The molecule has 2 heterocycles. The maximum absolute atomic E-state index is 12.7. The van der Waals surface area contributed by atoms with Gasteiger partial charge in [-0.25, -0.2) is 4.68 Å². The number of para-hydroxylation sites is 1. The van der Waals surface area contributed by atoms with Crippen molar-refractivity contribution in [3.63, 3.8) is 0 Å². The lowest BCUT2D eigenvalue weighted by Crippen LogP contribution is -2.39. The third-order valence-electron chi connectivity index (χ3n) is 4.40. The van der Waals surface area contributed by atoms with E-state index in [1.54, 1.807) is 25.1 Å². The predicted molar refractivity (Wildman–Crippen MR) is 90.1 cm³/mol. The maximum atomic E-state index is 12.7. The maximum Gasteiger partial charge on any atom is 0.227 e. The Hall–Kier alpha value is -2.18. The molecule has 1 aliphatic heterocycles. The van der Waals surface area contributed by atoms with E-state index in [4.69, 9.17) is 9.47 Å². The van der Waals surface area contributed by atoms with Crippen molar-refractivity contribution in [3.05, 3.63) is 48.3 Å². The normalized spacial score (nSPS) is 20.5. The van der Waals surface area contributed by atoms with Crippen molar-refractivity contribution in [1.29, 1.82) is 0 Å². The molecule has 24 heavy (non-hydrogen) atoms. The van der Waals surface area contributed by atoms with E-state index in [-0.39, 0.29) is 18.1 Å². The first-order valence-electron chi connectivity index (χ1n) is 8.11. The Labute approximate surface area is 142 Å². The molecular weight excluding hydrogens is 306 g/mol. The number of carbonyl (C=O) groups excluding carboxylic acids is 1.